The highest BCUT2D eigenvalue weighted by Crippen LogP contribution is 2.35. The van der Waals surface area contributed by atoms with Gasteiger partial charge in [0.2, 0.25) is 0 Å². The number of alkyl halides is 3. The highest BCUT2D eigenvalue weighted by molar-refractivity contribution is 7.80. The summed E-state index contributed by atoms with van der Waals surface area (Å²) >= 11 is 6.71. The second-order valence-corrected chi connectivity index (χ2v) is 8.01. The molecule has 0 bridgehead atoms. The first-order valence-electron chi connectivity index (χ1n) is 9.05. The Labute approximate surface area is 180 Å². The van der Waals surface area contributed by atoms with Crippen LogP contribution >= 0.6 is 23.6 Å². The van der Waals surface area contributed by atoms with E-state index in [9.17, 15) is 13.2 Å². The first-order valence-corrected chi connectivity index (χ1v) is 10.3. The summed E-state index contributed by atoms with van der Waals surface area (Å²) in [5, 5.41) is 7.41. The lowest BCUT2D eigenvalue weighted by Crippen LogP contribution is -2.27. The Bertz CT molecular complexity index is 1190. The molecule has 0 amide bonds. The Balaban J connectivity index is 1.49. The van der Waals surface area contributed by atoms with E-state index in [-0.39, 0.29) is 0 Å². The standard InChI is InChI=1S/C22H16F3N3S2/c23-22(24,25)16-9-10-19-18(12-16)28-20(30-19)15-7-4-8-17(11-15)27-21(29)26-13-14-5-2-1-3-6-14/h1-12H,13H2,(H2,26,27,29). The summed E-state index contributed by atoms with van der Waals surface area (Å²) in [6.07, 6.45) is -4.38. The molecule has 0 saturated heterocycles. The third-order valence-corrected chi connectivity index (χ3v) is 5.71. The average Bonchev–Trinajstić information content (AvgIpc) is 3.16. The van der Waals surface area contributed by atoms with Crippen molar-refractivity contribution in [3.63, 3.8) is 0 Å². The van der Waals surface area contributed by atoms with Gasteiger partial charge >= 0.3 is 6.18 Å². The Morgan fingerprint density at radius 1 is 0.967 bits per heavy atom. The molecule has 8 heteroatoms. The summed E-state index contributed by atoms with van der Waals surface area (Å²) in [5.74, 6) is 0. The molecule has 4 aromatic rings. The van der Waals surface area contributed by atoms with E-state index in [0.29, 0.717) is 26.9 Å². The number of hydrogen-bond acceptors (Lipinski definition) is 3. The van der Waals surface area contributed by atoms with Gasteiger partial charge in [-0.15, -0.1) is 11.3 Å². The minimum Gasteiger partial charge on any atom is -0.358 e. The number of thiazole rings is 1. The molecular weight excluding hydrogens is 427 g/mol. The van der Waals surface area contributed by atoms with E-state index in [4.69, 9.17) is 12.2 Å². The highest BCUT2D eigenvalue weighted by Gasteiger charge is 2.30. The zero-order valence-electron chi connectivity index (χ0n) is 15.5. The van der Waals surface area contributed by atoms with Crippen LogP contribution in [0.25, 0.3) is 20.8 Å². The molecule has 0 fully saturated rings. The molecule has 3 nitrogen and oxygen atoms in total. The SMILES string of the molecule is FC(F)(F)c1ccc2sc(-c3cccc(NC(=S)NCc4ccccc4)c3)nc2c1. The van der Waals surface area contributed by atoms with Crippen molar-refractivity contribution in [1.29, 1.82) is 0 Å². The van der Waals surface area contributed by atoms with Crippen molar-refractivity contribution in [2.75, 3.05) is 5.32 Å². The van der Waals surface area contributed by atoms with Gasteiger partial charge in [0.1, 0.15) is 5.01 Å². The van der Waals surface area contributed by atoms with Crippen molar-refractivity contribution in [2.45, 2.75) is 12.7 Å². The molecule has 0 aliphatic heterocycles. The van der Waals surface area contributed by atoms with E-state index in [2.05, 4.69) is 15.6 Å². The zero-order valence-corrected chi connectivity index (χ0v) is 17.2. The fraction of sp³-hybridized carbons (Fsp3) is 0.0909. The minimum absolute atomic E-state index is 0.336. The molecule has 0 radical (unpaired) electrons. The number of anilines is 1. The molecule has 4 rings (SSSR count). The fourth-order valence-corrected chi connectivity index (χ4v) is 4.04. The highest BCUT2D eigenvalue weighted by atomic mass is 32.1. The van der Waals surface area contributed by atoms with Crippen molar-refractivity contribution < 1.29 is 13.2 Å². The number of nitrogens with zero attached hydrogens (tertiary/aromatic N) is 1. The van der Waals surface area contributed by atoms with Crippen molar-refractivity contribution >= 4 is 44.6 Å². The molecule has 0 saturated carbocycles. The van der Waals surface area contributed by atoms with Crippen LogP contribution in [0.1, 0.15) is 11.1 Å². The first kappa shape index (κ1) is 20.3. The van der Waals surface area contributed by atoms with E-state index in [1.54, 1.807) is 0 Å². The molecule has 2 N–H and O–H groups in total. The van der Waals surface area contributed by atoms with Crippen LogP contribution in [0.4, 0.5) is 18.9 Å². The van der Waals surface area contributed by atoms with Gasteiger partial charge in [0, 0.05) is 17.8 Å². The van der Waals surface area contributed by atoms with Crippen molar-refractivity contribution in [3.05, 3.63) is 83.9 Å². The third-order valence-electron chi connectivity index (χ3n) is 4.38. The van der Waals surface area contributed by atoms with E-state index in [1.165, 1.54) is 17.4 Å². The van der Waals surface area contributed by atoms with Gasteiger partial charge in [-0.05, 0) is 48.1 Å². The maximum Gasteiger partial charge on any atom is 0.416 e. The third kappa shape index (κ3) is 4.77. The van der Waals surface area contributed by atoms with Gasteiger partial charge in [0.05, 0.1) is 15.8 Å². The normalized spacial score (nSPS) is 11.4. The molecule has 1 heterocycles. The Hall–Kier alpha value is -2.97. The van der Waals surface area contributed by atoms with Crippen molar-refractivity contribution in [1.82, 2.24) is 10.3 Å². The van der Waals surface area contributed by atoms with Gasteiger partial charge in [0.25, 0.3) is 0 Å². The van der Waals surface area contributed by atoms with Crippen LogP contribution in [0.3, 0.4) is 0 Å². The monoisotopic (exact) mass is 443 g/mol. The first-order chi connectivity index (χ1) is 14.4. The molecule has 0 unspecified atom stereocenters. The van der Waals surface area contributed by atoms with Gasteiger partial charge in [-0.1, -0.05) is 42.5 Å². The quantitative estimate of drug-likeness (QED) is 0.355. The largest absolute Gasteiger partial charge is 0.416 e. The van der Waals surface area contributed by atoms with Crippen LogP contribution in [-0.2, 0) is 12.7 Å². The summed E-state index contributed by atoms with van der Waals surface area (Å²) in [4.78, 5) is 4.40. The van der Waals surface area contributed by atoms with Gasteiger partial charge in [-0.3, -0.25) is 0 Å². The van der Waals surface area contributed by atoms with E-state index in [0.717, 1.165) is 28.9 Å². The van der Waals surface area contributed by atoms with Crippen LogP contribution in [0.2, 0.25) is 0 Å². The predicted octanol–water partition coefficient (Wildman–Crippen LogP) is 6.47. The van der Waals surface area contributed by atoms with Crippen LogP contribution in [0.15, 0.2) is 72.8 Å². The van der Waals surface area contributed by atoms with Gasteiger partial charge < -0.3 is 10.6 Å². The number of benzene rings is 3. The van der Waals surface area contributed by atoms with Crippen LogP contribution in [0, 0.1) is 0 Å². The Morgan fingerprint density at radius 2 is 1.77 bits per heavy atom. The predicted molar refractivity (Wildman–Crippen MR) is 120 cm³/mol. The van der Waals surface area contributed by atoms with Gasteiger partial charge in [0.15, 0.2) is 5.11 Å². The Morgan fingerprint density at radius 3 is 2.53 bits per heavy atom. The average molecular weight is 444 g/mol. The lowest BCUT2D eigenvalue weighted by molar-refractivity contribution is -0.137. The summed E-state index contributed by atoms with van der Waals surface area (Å²) in [6.45, 7) is 0.603. The molecule has 3 aromatic carbocycles. The van der Waals surface area contributed by atoms with Crippen LogP contribution in [-0.4, -0.2) is 10.1 Å². The summed E-state index contributed by atoms with van der Waals surface area (Å²) < 4.78 is 39.5. The van der Waals surface area contributed by atoms with Gasteiger partial charge in [-0.25, -0.2) is 4.98 Å². The topological polar surface area (TPSA) is 37.0 Å². The molecule has 0 aliphatic carbocycles. The molecule has 30 heavy (non-hydrogen) atoms. The molecule has 1 aromatic heterocycles. The van der Waals surface area contributed by atoms with E-state index >= 15 is 0 Å². The molecule has 0 aliphatic rings. The lowest BCUT2D eigenvalue weighted by atomic mass is 10.2. The number of rotatable bonds is 4. The zero-order chi connectivity index (χ0) is 21.1. The molecule has 152 valence electrons. The summed E-state index contributed by atoms with van der Waals surface area (Å²) in [5.41, 5.74) is 2.33. The number of aromatic nitrogens is 1. The minimum atomic E-state index is -4.38. The fourth-order valence-electron chi connectivity index (χ4n) is 2.91. The van der Waals surface area contributed by atoms with Crippen molar-refractivity contribution in [3.8, 4) is 10.6 Å². The van der Waals surface area contributed by atoms with Gasteiger partial charge in [-0.2, -0.15) is 13.2 Å². The maximum absolute atomic E-state index is 12.9. The van der Waals surface area contributed by atoms with Crippen LogP contribution in [0.5, 0.6) is 0 Å². The molecule has 0 spiro atoms. The number of hydrogen-bond donors (Lipinski definition) is 2. The lowest BCUT2D eigenvalue weighted by Gasteiger charge is -2.11. The smallest absolute Gasteiger partial charge is 0.358 e. The van der Waals surface area contributed by atoms with Crippen molar-refractivity contribution in [2.24, 2.45) is 0 Å². The number of nitrogens with one attached hydrogen (secondary N) is 2. The molecular formula is C22H16F3N3S2. The molecule has 0 atom stereocenters. The Kier molecular flexibility index (Phi) is 5.69. The van der Waals surface area contributed by atoms with E-state index < -0.39 is 11.7 Å². The maximum atomic E-state index is 12.9. The summed E-state index contributed by atoms with van der Waals surface area (Å²) in [7, 11) is 0. The number of halogens is 3. The second kappa shape index (κ2) is 8.41. The van der Waals surface area contributed by atoms with E-state index in [1.807, 2.05) is 54.6 Å². The number of fused-ring (bicyclic) bond motifs is 1. The number of thiocarbonyl (C=S) groups is 1. The second-order valence-electron chi connectivity index (χ2n) is 6.57. The summed E-state index contributed by atoms with van der Waals surface area (Å²) in [6, 6.07) is 21.0. The van der Waals surface area contributed by atoms with Crippen LogP contribution < -0.4 is 10.6 Å².